The largest absolute Gasteiger partial charge is 0.251 e. The molecule has 24 heavy (non-hydrogen) atoms. The zero-order valence-corrected chi connectivity index (χ0v) is 16.2. The lowest BCUT2D eigenvalue weighted by Crippen LogP contribution is -2.25. The molecule has 1 heteroatoms. The van der Waals surface area contributed by atoms with E-state index in [1.165, 1.54) is 89.9 Å². The lowest BCUT2D eigenvalue weighted by Gasteiger charge is -2.37. The molecule has 0 atom stereocenters. The molecule has 2 rings (SSSR count). The Morgan fingerprint density at radius 1 is 0.792 bits per heavy atom. The van der Waals surface area contributed by atoms with E-state index in [1.54, 1.807) is 0 Å². The third-order valence-electron chi connectivity index (χ3n) is 6.77. The van der Waals surface area contributed by atoms with E-state index in [2.05, 4.69) is 19.1 Å². The number of allylic oxidation sites excluding steroid dienone is 2. The van der Waals surface area contributed by atoms with Crippen molar-refractivity contribution >= 4 is 0 Å². The fourth-order valence-electron chi connectivity index (χ4n) is 5.15. The SMILES string of the molecule is CCCCCCCC1CCC(C2CCC(C=CCCF)CC2)CC1. The summed E-state index contributed by atoms with van der Waals surface area (Å²) in [6, 6.07) is 0. The van der Waals surface area contributed by atoms with E-state index in [1.807, 2.05) is 0 Å². The summed E-state index contributed by atoms with van der Waals surface area (Å²) in [6.45, 7) is 2.10. The van der Waals surface area contributed by atoms with Gasteiger partial charge in [-0.05, 0) is 68.6 Å². The van der Waals surface area contributed by atoms with Crippen LogP contribution in [0.2, 0.25) is 0 Å². The fraction of sp³-hybridized carbons (Fsp3) is 0.913. The van der Waals surface area contributed by atoms with Gasteiger partial charge in [-0.25, -0.2) is 0 Å². The standard InChI is InChI=1S/C23H41F/c1-2-3-4-5-6-9-20-11-15-22(16-12-20)23-17-13-21(14-18-23)10-7-8-19-24/h7,10,20-23H,2-6,8-9,11-19H2,1H3. The van der Waals surface area contributed by atoms with Crippen molar-refractivity contribution in [1.29, 1.82) is 0 Å². The molecule has 0 aromatic rings. The highest BCUT2D eigenvalue weighted by Crippen LogP contribution is 2.42. The number of unbranched alkanes of at least 4 members (excludes halogenated alkanes) is 4. The van der Waals surface area contributed by atoms with Gasteiger partial charge in [-0.1, -0.05) is 70.4 Å². The van der Waals surface area contributed by atoms with Crippen molar-refractivity contribution < 1.29 is 4.39 Å². The predicted molar refractivity (Wildman–Crippen MR) is 104 cm³/mol. The van der Waals surface area contributed by atoms with Crippen LogP contribution in [-0.4, -0.2) is 6.67 Å². The Morgan fingerprint density at radius 2 is 1.42 bits per heavy atom. The summed E-state index contributed by atoms with van der Waals surface area (Å²) < 4.78 is 12.2. The molecule has 0 saturated heterocycles. The van der Waals surface area contributed by atoms with Crippen molar-refractivity contribution in [1.82, 2.24) is 0 Å². The number of halogens is 1. The zero-order chi connectivity index (χ0) is 17.0. The lowest BCUT2D eigenvalue weighted by atomic mass is 9.68. The minimum absolute atomic E-state index is 0.201. The number of alkyl halides is 1. The molecule has 0 nitrogen and oxygen atoms in total. The summed E-state index contributed by atoms with van der Waals surface area (Å²) >= 11 is 0. The van der Waals surface area contributed by atoms with Crippen molar-refractivity contribution in [2.75, 3.05) is 6.67 Å². The topological polar surface area (TPSA) is 0 Å². The molecule has 140 valence electrons. The molecule has 0 spiro atoms. The van der Waals surface area contributed by atoms with E-state index in [4.69, 9.17) is 0 Å². The quantitative estimate of drug-likeness (QED) is 0.281. The van der Waals surface area contributed by atoms with Crippen molar-refractivity contribution in [2.45, 2.75) is 103 Å². The molecule has 2 saturated carbocycles. The Balaban J connectivity index is 1.56. The normalized spacial score (nSPS) is 31.6. The van der Waals surface area contributed by atoms with Crippen LogP contribution >= 0.6 is 0 Å². The van der Waals surface area contributed by atoms with Crippen LogP contribution in [0.4, 0.5) is 4.39 Å². The molecule has 0 unspecified atom stereocenters. The summed E-state index contributed by atoms with van der Waals surface area (Å²) in [6.07, 6.45) is 25.3. The summed E-state index contributed by atoms with van der Waals surface area (Å²) in [5, 5.41) is 0. The first kappa shape index (κ1) is 20.0. The van der Waals surface area contributed by atoms with E-state index in [-0.39, 0.29) is 6.67 Å². The summed E-state index contributed by atoms with van der Waals surface area (Å²) in [5.41, 5.74) is 0. The highest BCUT2D eigenvalue weighted by Gasteiger charge is 2.30. The van der Waals surface area contributed by atoms with Gasteiger partial charge in [0.05, 0.1) is 6.67 Å². The van der Waals surface area contributed by atoms with E-state index in [0.717, 1.165) is 23.7 Å². The van der Waals surface area contributed by atoms with Crippen LogP contribution in [-0.2, 0) is 0 Å². The highest BCUT2D eigenvalue weighted by molar-refractivity contribution is 4.92. The first-order valence-electron chi connectivity index (χ1n) is 11.1. The zero-order valence-electron chi connectivity index (χ0n) is 16.2. The Hall–Kier alpha value is -0.330. The number of hydrogen-bond donors (Lipinski definition) is 0. The van der Waals surface area contributed by atoms with Gasteiger partial charge in [0, 0.05) is 0 Å². The maximum Gasteiger partial charge on any atom is 0.0928 e. The van der Waals surface area contributed by atoms with E-state index in [0.29, 0.717) is 6.42 Å². The molecule has 2 aliphatic carbocycles. The molecule has 0 heterocycles. The monoisotopic (exact) mass is 336 g/mol. The molecule has 0 N–H and O–H groups in total. The van der Waals surface area contributed by atoms with Crippen molar-refractivity contribution in [3.63, 3.8) is 0 Å². The van der Waals surface area contributed by atoms with Gasteiger partial charge >= 0.3 is 0 Å². The first-order valence-corrected chi connectivity index (χ1v) is 11.1. The molecular formula is C23H41F. The molecular weight excluding hydrogens is 295 g/mol. The average Bonchev–Trinajstić information content (AvgIpc) is 2.63. The Kier molecular flexibility index (Phi) is 10.1. The van der Waals surface area contributed by atoms with Gasteiger partial charge < -0.3 is 0 Å². The average molecular weight is 337 g/mol. The van der Waals surface area contributed by atoms with Crippen LogP contribution in [0, 0.1) is 23.7 Å². The van der Waals surface area contributed by atoms with Crippen molar-refractivity contribution in [3.8, 4) is 0 Å². The Labute approximate surface area is 150 Å². The van der Waals surface area contributed by atoms with Gasteiger partial charge in [-0.2, -0.15) is 0 Å². The molecule has 0 radical (unpaired) electrons. The second kappa shape index (κ2) is 12.1. The number of rotatable bonds is 10. The predicted octanol–water partition coefficient (Wildman–Crippen LogP) is 7.88. The second-order valence-electron chi connectivity index (χ2n) is 8.56. The fourth-order valence-corrected chi connectivity index (χ4v) is 5.15. The van der Waals surface area contributed by atoms with Gasteiger partial charge in [-0.3, -0.25) is 4.39 Å². The molecule has 2 aliphatic rings. The highest BCUT2D eigenvalue weighted by atomic mass is 19.1. The molecule has 0 amide bonds. The molecule has 0 aliphatic heterocycles. The summed E-state index contributed by atoms with van der Waals surface area (Å²) in [4.78, 5) is 0. The third kappa shape index (κ3) is 7.28. The van der Waals surface area contributed by atoms with Gasteiger partial charge in [-0.15, -0.1) is 0 Å². The van der Waals surface area contributed by atoms with Crippen LogP contribution in [0.1, 0.15) is 103 Å². The van der Waals surface area contributed by atoms with Crippen LogP contribution in [0.5, 0.6) is 0 Å². The smallest absolute Gasteiger partial charge is 0.0928 e. The minimum atomic E-state index is -0.201. The van der Waals surface area contributed by atoms with E-state index in [9.17, 15) is 4.39 Å². The molecule has 0 bridgehead atoms. The second-order valence-corrected chi connectivity index (χ2v) is 8.56. The van der Waals surface area contributed by atoms with Gasteiger partial charge in [0.25, 0.3) is 0 Å². The maximum absolute atomic E-state index is 12.2. The first-order chi connectivity index (χ1) is 11.8. The summed E-state index contributed by atoms with van der Waals surface area (Å²) in [7, 11) is 0. The van der Waals surface area contributed by atoms with E-state index < -0.39 is 0 Å². The maximum atomic E-state index is 12.2. The van der Waals surface area contributed by atoms with Crippen LogP contribution in [0.25, 0.3) is 0 Å². The minimum Gasteiger partial charge on any atom is -0.251 e. The molecule has 2 fully saturated rings. The molecule has 0 aromatic carbocycles. The molecule has 0 aromatic heterocycles. The van der Waals surface area contributed by atoms with Crippen LogP contribution in [0.3, 0.4) is 0 Å². The van der Waals surface area contributed by atoms with Crippen LogP contribution < -0.4 is 0 Å². The third-order valence-corrected chi connectivity index (χ3v) is 6.77. The Bertz CT molecular complexity index is 319. The van der Waals surface area contributed by atoms with Crippen molar-refractivity contribution in [3.05, 3.63) is 12.2 Å². The van der Waals surface area contributed by atoms with Crippen molar-refractivity contribution in [2.24, 2.45) is 23.7 Å². The summed E-state index contributed by atoms with van der Waals surface area (Å²) in [5.74, 6) is 3.81. The lowest BCUT2D eigenvalue weighted by molar-refractivity contribution is 0.151. The van der Waals surface area contributed by atoms with Gasteiger partial charge in [0.2, 0.25) is 0 Å². The van der Waals surface area contributed by atoms with Gasteiger partial charge in [0.15, 0.2) is 0 Å². The van der Waals surface area contributed by atoms with Crippen LogP contribution in [0.15, 0.2) is 12.2 Å². The number of hydrogen-bond acceptors (Lipinski definition) is 0. The van der Waals surface area contributed by atoms with Gasteiger partial charge in [0.1, 0.15) is 0 Å². The Morgan fingerprint density at radius 3 is 2.04 bits per heavy atom. The van der Waals surface area contributed by atoms with E-state index >= 15 is 0 Å².